The molecule has 0 aliphatic heterocycles. The van der Waals surface area contributed by atoms with Crippen LogP contribution in [0.3, 0.4) is 0 Å². The fraction of sp³-hybridized carbons (Fsp3) is 0.562. The normalized spacial score (nSPS) is 18.7. The van der Waals surface area contributed by atoms with Gasteiger partial charge in [0, 0.05) is 11.9 Å². The third-order valence-electron chi connectivity index (χ3n) is 4.50. The number of hydrogen-bond donors (Lipinski definition) is 1. The van der Waals surface area contributed by atoms with Crippen molar-refractivity contribution < 1.29 is 4.79 Å². The molecule has 0 aromatic carbocycles. The van der Waals surface area contributed by atoms with Crippen LogP contribution in [-0.4, -0.2) is 25.9 Å². The van der Waals surface area contributed by atoms with Gasteiger partial charge in [-0.1, -0.05) is 25.1 Å². The Morgan fingerprint density at radius 2 is 2.35 bits per heavy atom. The summed E-state index contributed by atoms with van der Waals surface area (Å²) in [4.78, 5) is 13.9. The van der Waals surface area contributed by atoms with Crippen LogP contribution in [0.1, 0.15) is 37.1 Å². The number of nitrogens with zero attached hydrogens (tertiary/aromatic N) is 3. The molecule has 0 spiro atoms. The van der Waals surface area contributed by atoms with Crippen molar-refractivity contribution in [2.75, 3.05) is 0 Å². The van der Waals surface area contributed by atoms with Gasteiger partial charge < -0.3 is 10.3 Å². The fourth-order valence-corrected chi connectivity index (χ4v) is 4.90. The second-order valence-electron chi connectivity index (χ2n) is 6.10. The van der Waals surface area contributed by atoms with Crippen LogP contribution in [0.5, 0.6) is 0 Å². The van der Waals surface area contributed by atoms with Crippen LogP contribution in [0.4, 0.5) is 0 Å². The van der Waals surface area contributed by atoms with Crippen molar-refractivity contribution in [2.24, 2.45) is 18.7 Å². The molecular weight excluding hydrogens is 328 g/mol. The summed E-state index contributed by atoms with van der Waals surface area (Å²) in [7, 11) is 1.94. The number of rotatable bonds is 5. The molecular formula is C16H22N4OS2. The van der Waals surface area contributed by atoms with E-state index in [1.54, 1.807) is 6.92 Å². The van der Waals surface area contributed by atoms with Gasteiger partial charge in [-0.05, 0) is 43.7 Å². The molecule has 1 aliphatic carbocycles. The highest BCUT2D eigenvalue weighted by Crippen LogP contribution is 2.38. The zero-order valence-corrected chi connectivity index (χ0v) is 15.3. The Balaban J connectivity index is 1.85. The summed E-state index contributed by atoms with van der Waals surface area (Å²) in [5.74, 6) is 1.35. The molecule has 124 valence electrons. The van der Waals surface area contributed by atoms with Gasteiger partial charge in [0.2, 0.25) is 5.91 Å². The zero-order valence-electron chi connectivity index (χ0n) is 13.7. The molecule has 0 saturated heterocycles. The Labute approximate surface area is 144 Å². The lowest BCUT2D eigenvalue weighted by Crippen LogP contribution is -2.22. The molecule has 7 heteroatoms. The maximum Gasteiger partial charge on any atom is 0.230 e. The lowest BCUT2D eigenvalue weighted by Gasteiger charge is -2.19. The minimum absolute atomic E-state index is 0.312. The lowest BCUT2D eigenvalue weighted by molar-refractivity contribution is -0.117. The van der Waals surface area contributed by atoms with E-state index in [-0.39, 0.29) is 11.2 Å². The minimum atomic E-state index is -0.336. The van der Waals surface area contributed by atoms with Crippen molar-refractivity contribution in [3.8, 4) is 10.7 Å². The van der Waals surface area contributed by atoms with Gasteiger partial charge in [-0.3, -0.25) is 4.79 Å². The second-order valence-corrected chi connectivity index (χ2v) is 8.55. The summed E-state index contributed by atoms with van der Waals surface area (Å²) in [6.45, 7) is 4.06. The van der Waals surface area contributed by atoms with E-state index < -0.39 is 0 Å². The quantitative estimate of drug-likeness (QED) is 0.841. The Morgan fingerprint density at radius 3 is 3.04 bits per heavy atom. The number of hydrogen-bond acceptors (Lipinski definition) is 5. The Kier molecular flexibility index (Phi) is 4.77. The molecule has 2 aromatic heterocycles. The van der Waals surface area contributed by atoms with Gasteiger partial charge in [0.05, 0.1) is 10.1 Å². The summed E-state index contributed by atoms with van der Waals surface area (Å²) in [6.07, 6.45) is 4.90. The van der Waals surface area contributed by atoms with Gasteiger partial charge in [-0.25, -0.2) is 0 Å². The highest BCUT2D eigenvalue weighted by Gasteiger charge is 2.23. The van der Waals surface area contributed by atoms with Crippen LogP contribution in [0.2, 0.25) is 0 Å². The van der Waals surface area contributed by atoms with Gasteiger partial charge >= 0.3 is 0 Å². The molecule has 2 unspecified atom stereocenters. The van der Waals surface area contributed by atoms with Crippen molar-refractivity contribution in [3.63, 3.8) is 0 Å². The number of aromatic nitrogens is 3. The Morgan fingerprint density at radius 1 is 1.57 bits per heavy atom. The van der Waals surface area contributed by atoms with E-state index in [1.165, 1.54) is 52.8 Å². The van der Waals surface area contributed by atoms with E-state index in [9.17, 15) is 4.79 Å². The monoisotopic (exact) mass is 350 g/mol. The highest BCUT2D eigenvalue weighted by atomic mass is 32.2. The number of primary amides is 1. The first-order valence-corrected chi connectivity index (χ1v) is 9.66. The molecule has 2 heterocycles. The fourth-order valence-electron chi connectivity index (χ4n) is 2.91. The molecule has 2 aromatic rings. The first kappa shape index (κ1) is 16.5. The number of thioether (sulfide) groups is 1. The summed E-state index contributed by atoms with van der Waals surface area (Å²) in [6, 6.07) is 2.28. The maximum atomic E-state index is 11.2. The molecule has 0 radical (unpaired) electrons. The van der Waals surface area contributed by atoms with Crippen molar-refractivity contribution in [3.05, 3.63) is 16.5 Å². The molecule has 0 saturated carbocycles. The average molecular weight is 351 g/mol. The summed E-state index contributed by atoms with van der Waals surface area (Å²) >= 11 is 3.18. The number of nitrogens with two attached hydrogens (primary N) is 1. The molecule has 23 heavy (non-hydrogen) atoms. The van der Waals surface area contributed by atoms with Crippen molar-refractivity contribution in [1.29, 1.82) is 0 Å². The van der Waals surface area contributed by atoms with Crippen molar-refractivity contribution in [2.45, 2.75) is 49.9 Å². The molecule has 5 nitrogen and oxygen atoms in total. The number of amides is 1. The van der Waals surface area contributed by atoms with Gasteiger partial charge in [0.15, 0.2) is 11.0 Å². The van der Waals surface area contributed by atoms with Crippen LogP contribution in [0.15, 0.2) is 11.2 Å². The Hall–Kier alpha value is -1.34. The largest absolute Gasteiger partial charge is 0.369 e. The standard InChI is InChI=1S/C16H22N4OS2/c1-4-10-5-6-12-11(7-10)8-13(23-12)15-18-19-16(20(15)3)22-9(2)14(17)21/h8-10H,4-7H2,1-3H3,(H2,17,21). The molecule has 3 rings (SSSR count). The van der Waals surface area contributed by atoms with E-state index >= 15 is 0 Å². The van der Waals surface area contributed by atoms with Gasteiger partial charge in [-0.2, -0.15) is 0 Å². The van der Waals surface area contributed by atoms with Crippen LogP contribution in [-0.2, 0) is 24.7 Å². The topological polar surface area (TPSA) is 73.8 Å². The number of aryl methyl sites for hydroxylation is 1. The highest BCUT2D eigenvalue weighted by molar-refractivity contribution is 8.00. The van der Waals surface area contributed by atoms with E-state index in [4.69, 9.17) is 5.73 Å². The predicted octanol–water partition coefficient (Wildman–Crippen LogP) is 3.02. The summed E-state index contributed by atoms with van der Waals surface area (Å²) in [5, 5.41) is 8.97. The van der Waals surface area contributed by atoms with Gasteiger partial charge in [-0.15, -0.1) is 21.5 Å². The average Bonchev–Trinajstić information content (AvgIpc) is 3.10. The van der Waals surface area contributed by atoms with Crippen molar-refractivity contribution >= 4 is 29.0 Å². The minimum Gasteiger partial charge on any atom is -0.369 e. The molecule has 2 N–H and O–H groups in total. The maximum absolute atomic E-state index is 11.2. The predicted molar refractivity (Wildman–Crippen MR) is 94.6 cm³/mol. The SMILES string of the molecule is CCC1CCc2sc(-c3nnc(SC(C)C(N)=O)n3C)cc2C1. The first-order valence-electron chi connectivity index (χ1n) is 7.96. The molecule has 2 atom stereocenters. The number of carbonyl (C=O) groups is 1. The van der Waals surface area contributed by atoms with E-state index in [0.29, 0.717) is 0 Å². The van der Waals surface area contributed by atoms with Gasteiger partial charge in [0.1, 0.15) is 0 Å². The summed E-state index contributed by atoms with van der Waals surface area (Å²) < 4.78 is 1.96. The third kappa shape index (κ3) is 3.30. The van der Waals surface area contributed by atoms with Crippen LogP contribution in [0, 0.1) is 5.92 Å². The smallest absolute Gasteiger partial charge is 0.230 e. The molecule has 0 bridgehead atoms. The Bertz CT molecular complexity index is 722. The third-order valence-corrected chi connectivity index (χ3v) is 6.89. The number of thiophene rings is 1. The van der Waals surface area contributed by atoms with E-state index in [1.807, 2.05) is 23.0 Å². The number of carbonyl (C=O) groups excluding carboxylic acids is 1. The zero-order chi connectivity index (χ0) is 16.6. The van der Waals surface area contributed by atoms with Crippen molar-refractivity contribution in [1.82, 2.24) is 14.8 Å². The molecule has 1 amide bonds. The first-order chi connectivity index (χ1) is 11.0. The van der Waals surface area contributed by atoms with E-state index in [2.05, 4.69) is 23.2 Å². The molecule has 1 aliphatic rings. The number of fused-ring (bicyclic) bond motifs is 1. The van der Waals surface area contributed by atoms with Gasteiger partial charge in [0.25, 0.3) is 0 Å². The second kappa shape index (κ2) is 6.65. The lowest BCUT2D eigenvalue weighted by atomic mass is 9.87. The van der Waals surface area contributed by atoms with Crippen LogP contribution < -0.4 is 5.73 Å². The van der Waals surface area contributed by atoms with E-state index in [0.717, 1.165) is 16.9 Å². The van der Waals surface area contributed by atoms with Crippen LogP contribution in [0.25, 0.3) is 10.7 Å². The van der Waals surface area contributed by atoms with Crippen LogP contribution >= 0.6 is 23.1 Å². The molecule has 0 fully saturated rings. The summed E-state index contributed by atoms with van der Waals surface area (Å²) in [5.41, 5.74) is 6.81.